The van der Waals surface area contributed by atoms with Gasteiger partial charge < -0.3 is 5.32 Å². The lowest BCUT2D eigenvalue weighted by Crippen LogP contribution is -2.21. The number of para-hydroxylation sites is 2. The average Bonchev–Trinajstić information content (AvgIpc) is 2.69. The van der Waals surface area contributed by atoms with E-state index in [2.05, 4.69) is 15.3 Å². The first-order chi connectivity index (χ1) is 13.9. The number of nitrogens with one attached hydrogen (secondary N) is 1. The molecule has 0 bridgehead atoms. The van der Waals surface area contributed by atoms with Gasteiger partial charge in [-0.05, 0) is 49.7 Å². The van der Waals surface area contributed by atoms with Crippen molar-refractivity contribution in [2.24, 2.45) is 0 Å². The molecule has 1 N–H and O–H groups in total. The molecule has 8 heteroatoms. The molecule has 1 heterocycles. The number of halogens is 1. The molecular weight excluding hydrogens is 391 g/mol. The number of anilines is 1. The summed E-state index contributed by atoms with van der Waals surface area (Å²) in [5.41, 5.74) is 1.13. The maximum absolute atomic E-state index is 13.2. The highest BCUT2D eigenvalue weighted by Crippen LogP contribution is 2.32. The van der Waals surface area contributed by atoms with Crippen LogP contribution in [0.2, 0.25) is 0 Å². The van der Waals surface area contributed by atoms with Crippen LogP contribution in [0.15, 0.2) is 53.4 Å². The molecule has 0 radical (unpaired) electrons. The highest BCUT2D eigenvalue weighted by Gasteiger charge is 2.33. The Morgan fingerprint density at radius 2 is 1.72 bits per heavy atom. The van der Waals surface area contributed by atoms with Crippen LogP contribution in [0.1, 0.15) is 37.6 Å². The third kappa shape index (κ3) is 4.35. The Morgan fingerprint density at radius 1 is 1.10 bits per heavy atom. The van der Waals surface area contributed by atoms with E-state index < -0.39 is 20.9 Å². The van der Waals surface area contributed by atoms with Crippen LogP contribution >= 0.6 is 0 Å². The molecular formula is C21H21FN4O2S. The number of hydrogen-bond donors (Lipinski definition) is 1. The quantitative estimate of drug-likeness (QED) is 0.578. The van der Waals surface area contributed by atoms with Crippen LogP contribution in [-0.2, 0) is 9.84 Å². The minimum absolute atomic E-state index is 0.0158. The first kappa shape index (κ1) is 20.7. The fourth-order valence-electron chi connectivity index (χ4n) is 3.08. The molecule has 0 aliphatic heterocycles. The largest absolute Gasteiger partial charge is 0.366 e. The van der Waals surface area contributed by atoms with Gasteiger partial charge in [0.25, 0.3) is 0 Å². The molecule has 0 amide bonds. The Kier molecular flexibility index (Phi) is 6.09. The first-order valence-corrected chi connectivity index (χ1v) is 10.8. The van der Waals surface area contributed by atoms with Crippen LogP contribution in [0, 0.1) is 17.1 Å². The van der Waals surface area contributed by atoms with E-state index in [1.54, 1.807) is 18.2 Å². The van der Waals surface area contributed by atoms with Crippen molar-refractivity contribution in [1.29, 1.82) is 5.26 Å². The Morgan fingerprint density at radius 3 is 2.31 bits per heavy atom. The normalized spacial score (nSPS) is 13.6. The predicted molar refractivity (Wildman–Crippen MR) is 109 cm³/mol. The van der Waals surface area contributed by atoms with E-state index in [0.717, 1.165) is 37.1 Å². The fourth-order valence-corrected chi connectivity index (χ4v) is 4.46. The standard InChI is InChI=1S/C21H21FN4O2S/c1-3-6-14(2)24-21-20(25-17-7-4-5-8-18(17)26-21)19(13-23)29(27,28)16-11-9-15(22)10-12-16/h4-5,7-12,14,19H,3,6H2,1-2H3,(H,24,26)/t14-,19+/m1/s1. The number of rotatable bonds is 7. The lowest BCUT2D eigenvalue weighted by molar-refractivity contribution is 0.589. The monoisotopic (exact) mass is 412 g/mol. The highest BCUT2D eigenvalue weighted by atomic mass is 32.2. The average molecular weight is 412 g/mol. The van der Waals surface area contributed by atoms with Crippen LogP contribution in [0.4, 0.5) is 10.2 Å². The molecule has 0 saturated heterocycles. The van der Waals surface area contributed by atoms with Crippen LogP contribution in [0.3, 0.4) is 0 Å². The third-order valence-electron chi connectivity index (χ3n) is 4.52. The highest BCUT2D eigenvalue weighted by molar-refractivity contribution is 7.92. The topological polar surface area (TPSA) is 95.7 Å². The summed E-state index contributed by atoms with van der Waals surface area (Å²) in [5.74, 6) is -0.291. The Labute approximate surface area is 169 Å². The van der Waals surface area contributed by atoms with E-state index in [0.29, 0.717) is 11.0 Å². The zero-order valence-electron chi connectivity index (χ0n) is 16.1. The molecule has 29 heavy (non-hydrogen) atoms. The zero-order valence-corrected chi connectivity index (χ0v) is 16.9. The summed E-state index contributed by atoms with van der Waals surface area (Å²) in [6.45, 7) is 4.00. The Bertz CT molecular complexity index is 1160. The maximum atomic E-state index is 13.2. The smallest absolute Gasteiger partial charge is 0.200 e. The number of hydrogen-bond acceptors (Lipinski definition) is 6. The SMILES string of the molecule is CCC[C@@H](C)Nc1nc2ccccc2nc1[C@H](C#N)S(=O)(=O)c1ccc(F)cc1. The van der Waals surface area contributed by atoms with Crippen molar-refractivity contribution in [3.8, 4) is 6.07 Å². The minimum atomic E-state index is -4.13. The summed E-state index contributed by atoms with van der Waals surface area (Å²) >= 11 is 0. The van der Waals surface area contributed by atoms with Crippen LogP contribution in [-0.4, -0.2) is 24.4 Å². The van der Waals surface area contributed by atoms with Gasteiger partial charge in [-0.3, -0.25) is 0 Å². The van der Waals surface area contributed by atoms with Crippen molar-refractivity contribution in [3.05, 3.63) is 60.0 Å². The molecule has 2 aromatic carbocycles. The molecule has 0 aliphatic rings. The van der Waals surface area contributed by atoms with Gasteiger partial charge in [0.2, 0.25) is 9.84 Å². The third-order valence-corrected chi connectivity index (χ3v) is 6.40. The van der Waals surface area contributed by atoms with Crippen molar-refractivity contribution in [3.63, 3.8) is 0 Å². The van der Waals surface area contributed by atoms with E-state index in [1.165, 1.54) is 0 Å². The van der Waals surface area contributed by atoms with Gasteiger partial charge >= 0.3 is 0 Å². The summed E-state index contributed by atoms with van der Waals surface area (Å²) < 4.78 is 39.5. The number of aromatic nitrogens is 2. The van der Waals surface area contributed by atoms with E-state index in [4.69, 9.17) is 0 Å². The first-order valence-electron chi connectivity index (χ1n) is 9.29. The fraction of sp³-hybridized carbons (Fsp3) is 0.286. The predicted octanol–water partition coefficient (Wildman–Crippen LogP) is 4.41. The molecule has 6 nitrogen and oxygen atoms in total. The van der Waals surface area contributed by atoms with Crippen molar-refractivity contribution in [1.82, 2.24) is 9.97 Å². The lowest BCUT2D eigenvalue weighted by Gasteiger charge is -2.19. The second kappa shape index (κ2) is 8.53. The summed E-state index contributed by atoms with van der Waals surface area (Å²) in [7, 11) is -4.13. The summed E-state index contributed by atoms with van der Waals surface area (Å²) in [5, 5.41) is 11.4. The van der Waals surface area contributed by atoms with Gasteiger partial charge in [-0.1, -0.05) is 25.5 Å². The molecule has 0 spiro atoms. The van der Waals surface area contributed by atoms with E-state index in [1.807, 2.05) is 26.0 Å². The maximum Gasteiger partial charge on any atom is 0.200 e. The molecule has 0 saturated carbocycles. The van der Waals surface area contributed by atoms with Crippen molar-refractivity contribution in [2.45, 2.75) is 42.9 Å². The number of nitriles is 1. The Hall–Kier alpha value is -3.05. The molecule has 0 fully saturated rings. The van der Waals surface area contributed by atoms with Gasteiger partial charge in [-0.2, -0.15) is 5.26 Å². The molecule has 0 aliphatic carbocycles. The van der Waals surface area contributed by atoms with Crippen LogP contribution < -0.4 is 5.32 Å². The van der Waals surface area contributed by atoms with Gasteiger partial charge in [0, 0.05) is 6.04 Å². The van der Waals surface area contributed by atoms with Gasteiger partial charge in [-0.15, -0.1) is 0 Å². The van der Waals surface area contributed by atoms with E-state index in [9.17, 15) is 18.1 Å². The Balaban J connectivity index is 2.16. The van der Waals surface area contributed by atoms with E-state index in [-0.39, 0.29) is 22.4 Å². The van der Waals surface area contributed by atoms with Gasteiger partial charge in [-0.25, -0.2) is 22.8 Å². The van der Waals surface area contributed by atoms with Crippen molar-refractivity contribution < 1.29 is 12.8 Å². The summed E-state index contributed by atoms with van der Waals surface area (Å²) in [4.78, 5) is 8.86. The number of nitrogens with zero attached hydrogens (tertiary/aromatic N) is 3. The molecule has 2 atom stereocenters. The molecule has 1 aromatic heterocycles. The second-order valence-corrected chi connectivity index (χ2v) is 8.82. The van der Waals surface area contributed by atoms with E-state index >= 15 is 0 Å². The van der Waals surface area contributed by atoms with Crippen LogP contribution in [0.5, 0.6) is 0 Å². The van der Waals surface area contributed by atoms with Crippen molar-refractivity contribution in [2.75, 3.05) is 5.32 Å². The summed E-state index contributed by atoms with van der Waals surface area (Å²) in [6, 6.07) is 13.3. The minimum Gasteiger partial charge on any atom is -0.366 e. The molecule has 150 valence electrons. The van der Waals surface area contributed by atoms with Crippen LogP contribution in [0.25, 0.3) is 11.0 Å². The summed E-state index contributed by atoms with van der Waals surface area (Å²) in [6.07, 6.45) is 1.77. The number of sulfone groups is 1. The van der Waals surface area contributed by atoms with Crippen molar-refractivity contribution >= 4 is 26.7 Å². The number of benzene rings is 2. The number of fused-ring (bicyclic) bond motifs is 1. The molecule has 3 aromatic rings. The van der Waals surface area contributed by atoms with Gasteiger partial charge in [0.05, 0.1) is 22.0 Å². The molecule has 3 rings (SSSR count). The zero-order chi connectivity index (χ0) is 21.0. The second-order valence-electron chi connectivity index (χ2n) is 6.79. The lowest BCUT2D eigenvalue weighted by atomic mass is 10.2. The molecule has 0 unspecified atom stereocenters. The van der Waals surface area contributed by atoms with Gasteiger partial charge in [0.1, 0.15) is 11.5 Å². The van der Waals surface area contributed by atoms with Gasteiger partial charge in [0.15, 0.2) is 11.1 Å².